The molecule has 3 rings (SSSR count). The smallest absolute Gasteiger partial charge is 0.128 e. The van der Waals surface area contributed by atoms with Crippen LogP contribution in [-0.4, -0.2) is 38.7 Å². The van der Waals surface area contributed by atoms with E-state index in [1.807, 2.05) is 12.1 Å². The van der Waals surface area contributed by atoms with Gasteiger partial charge in [0.2, 0.25) is 0 Å². The number of aromatic nitrogens is 1. The fourth-order valence-corrected chi connectivity index (χ4v) is 4.79. The Bertz CT molecular complexity index is 366. The molecule has 0 saturated carbocycles. The van der Waals surface area contributed by atoms with E-state index in [1.54, 1.807) is 6.20 Å². The van der Waals surface area contributed by atoms with Gasteiger partial charge in [-0.2, -0.15) is 10.6 Å². The van der Waals surface area contributed by atoms with Gasteiger partial charge in [-0.05, 0) is 12.1 Å². The van der Waals surface area contributed by atoms with Crippen LogP contribution in [0.3, 0.4) is 0 Å². The zero-order valence-corrected chi connectivity index (χ0v) is 9.07. The van der Waals surface area contributed by atoms with Crippen molar-refractivity contribution in [1.29, 1.82) is 0 Å². The van der Waals surface area contributed by atoms with Crippen molar-refractivity contribution in [3.63, 3.8) is 0 Å². The predicted octanol–water partition coefficient (Wildman–Crippen LogP) is 1.45. The van der Waals surface area contributed by atoms with Crippen LogP contribution in [0.2, 0.25) is 0 Å². The Morgan fingerprint density at radius 2 is 2.13 bits per heavy atom. The molecule has 0 aliphatic carbocycles. The molecule has 0 bridgehead atoms. The van der Waals surface area contributed by atoms with Crippen LogP contribution < -0.4 is 4.90 Å². The molecule has 4 nitrogen and oxygen atoms in total. The van der Waals surface area contributed by atoms with E-state index in [0.29, 0.717) is 11.5 Å². The Morgan fingerprint density at radius 1 is 1.40 bits per heavy atom. The Morgan fingerprint density at radius 3 is 2.67 bits per heavy atom. The van der Waals surface area contributed by atoms with Gasteiger partial charge in [0.05, 0.1) is 0 Å². The van der Waals surface area contributed by atoms with Gasteiger partial charge in [-0.1, -0.05) is 0 Å². The van der Waals surface area contributed by atoms with E-state index in [9.17, 15) is 9.11 Å². The number of hydrogen-bond donors (Lipinski definition) is 2. The number of rotatable bonds is 1. The minimum Gasteiger partial charge on any atom is -0.355 e. The van der Waals surface area contributed by atoms with Gasteiger partial charge in [0.1, 0.15) is 5.82 Å². The predicted molar refractivity (Wildman–Crippen MR) is 60.3 cm³/mol. The van der Waals surface area contributed by atoms with Crippen molar-refractivity contribution in [1.82, 2.24) is 4.98 Å². The third kappa shape index (κ3) is 1.51. The molecule has 0 aromatic carbocycles. The zero-order chi connectivity index (χ0) is 10.5. The number of hydrogen-bond acceptors (Lipinski definition) is 4. The highest BCUT2D eigenvalue weighted by molar-refractivity contribution is 8.25. The van der Waals surface area contributed by atoms with Crippen molar-refractivity contribution >= 4 is 16.4 Å². The molecule has 3 heterocycles. The summed E-state index contributed by atoms with van der Waals surface area (Å²) in [5, 5.41) is 0. The largest absolute Gasteiger partial charge is 0.355 e. The Kier molecular flexibility index (Phi) is 1.81. The summed E-state index contributed by atoms with van der Waals surface area (Å²) >= 11 is 0. The molecule has 0 atom stereocenters. The highest BCUT2D eigenvalue weighted by Gasteiger charge is 2.55. The summed E-state index contributed by atoms with van der Waals surface area (Å²) in [5.41, 5.74) is 0.167. The lowest BCUT2D eigenvalue weighted by Gasteiger charge is -2.64. The number of anilines is 1. The molecule has 2 N–H and O–H groups in total. The van der Waals surface area contributed by atoms with Crippen LogP contribution in [0.1, 0.15) is 0 Å². The van der Waals surface area contributed by atoms with Crippen LogP contribution in [0.15, 0.2) is 18.3 Å². The number of nitrogens with zero attached hydrogens (tertiary/aromatic N) is 2. The molecule has 2 saturated heterocycles. The Labute approximate surface area is 90.3 Å². The average Bonchev–Trinajstić information content (AvgIpc) is 2.11. The van der Waals surface area contributed by atoms with Gasteiger partial charge in [0, 0.05) is 42.3 Å². The summed E-state index contributed by atoms with van der Waals surface area (Å²) in [7, 11) is -2.21. The molecule has 1 aromatic rings. The second kappa shape index (κ2) is 2.87. The van der Waals surface area contributed by atoms with Crippen LogP contribution in [0.4, 0.5) is 5.82 Å². The van der Waals surface area contributed by atoms with Gasteiger partial charge < -0.3 is 4.90 Å². The summed E-state index contributed by atoms with van der Waals surface area (Å²) in [5.74, 6) is 2.12. The van der Waals surface area contributed by atoms with E-state index in [1.165, 1.54) is 0 Å². The van der Waals surface area contributed by atoms with Crippen molar-refractivity contribution < 1.29 is 9.11 Å². The summed E-state index contributed by atoms with van der Waals surface area (Å²) < 4.78 is 18.7. The molecule has 2 aliphatic rings. The molecule has 0 amide bonds. The molecular weight excluding hydrogens is 212 g/mol. The van der Waals surface area contributed by atoms with E-state index in [4.69, 9.17) is 0 Å². The van der Waals surface area contributed by atoms with E-state index in [-0.39, 0.29) is 5.41 Å². The van der Waals surface area contributed by atoms with Gasteiger partial charge in [-0.3, -0.25) is 9.11 Å². The third-order valence-corrected chi connectivity index (χ3v) is 5.20. The summed E-state index contributed by atoms with van der Waals surface area (Å²) in [6, 6.07) is 6.67. The van der Waals surface area contributed by atoms with Gasteiger partial charge in [0.15, 0.2) is 0 Å². The molecule has 1 aromatic heterocycles. The van der Waals surface area contributed by atoms with E-state index >= 15 is 0 Å². The van der Waals surface area contributed by atoms with Crippen molar-refractivity contribution in [2.45, 2.75) is 0 Å². The first kappa shape index (κ1) is 9.45. The fraction of sp³-hybridized carbons (Fsp3) is 0.500. The molecule has 5 heteroatoms. The molecular formula is C10H13N2O2S. The maximum Gasteiger partial charge on any atom is 0.128 e. The SMILES string of the molecule is OS1(O)CC2(CN(c3cc[c]cn3)C2)C1. The highest BCUT2D eigenvalue weighted by Crippen LogP contribution is 2.62. The van der Waals surface area contributed by atoms with Crippen LogP contribution in [0, 0.1) is 11.5 Å². The lowest BCUT2D eigenvalue weighted by Crippen LogP contribution is -2.67. The molecule has 15 heavy (non-hydrogen) atoms. The molecule has 0 unspecified atom stereocenters. The molecule has 2 aliphatic heterocycles. The Hall–Kier alpha value is -0.780. The second-order valence-corrected chi connectivity index (χ2v) is 6.75. The normalized spacial score (nSPS) is 28.0. The molecule has 2 fully saturated rings. The van der Waals surface area contributed by atoms with Gasteiger partial charge in [-0.25, -0.2) is 4.98 Å². The van der Waals surface area contributed by atoms with E-state index in [0.717, 1.165) is 18.9 Å². The van der Waals surface area contributed by atoms with E-state index in [2.05, 4.69) is 16.0 Å². The third-order valence-electron chi connectivity index (χ3n) is 3.05. The van der Waals surface area contributed by atoms with Crippen molar-refractivity contribution in [2.75, 3.05) is 29.5 Å². The molecule has 1 spiro atoms. The first-order valence-electron chi connectivity index (χ1n) is 4.89. The topological polar surface area (TPSA) is 56.6 Å². The Balaban J connectivity index is 1.64. The minimum atomic E-state index is -2.21. The minimum absolute atomic E-state index is 0.167. The summed E-state index contributed by atoms with van der Waals surface area (Å²) in [6.07, 6.45) is 1.66. The van der Waals surface area contributed by atoms with Gasteiger partial charge in [-0.15, -0.1) is 0 Å². The quantitative estimate of drug-likeness (QED) is 0.759. The first-order valence-corrected chi connectivity index (χ1v) is 6.78. The zero-order valence-electron chi connectivity index (χ0n) is 8.26. The maximum absolute atomic E-state index is 9.37. The lowest BCUT2D eigenvalue weighted by atomic mass is 9.83. The first-order chi connectivity index (χ1) is 7.09. The van der Waals surface area contributed by atoms with Crippen molar-refractivity contribution in [3.05, 3.63) is 24.4 Å². The van der Waals surface area contributed by atoms with Crippen LogP contribution >= 0.6 is 10.6 Å². The monoisotopic (exact) mass is 225 g/mol. The van der Waals surface area contributed by atoms with Crippen LogP contribution in [-0.2, 0) is 0 Å². The lowest BCUT2D eigenvalue weighted by molar-refractivity contribution is 0.231. The maximum atomic E-state index is 9.37. The average molecular weight is 225 g/mol. The van der Waals surface area contributed by atoms with Crippen LogP contribution in [0.25, 0.3) is 0 Å². The van der Waals surface area contributed by atoms with Gasteiger partial charge in [0.25, 0.3) is 0 Å². The fourth-order valence-electron chi connectivity index (χ4n) is 2.55. The van der Waals surface area contributed by atoms with E-state index < -0.39 is 10.6 Å². The van der Waals surface area contributed by atoms with Crippen molar-refractivity contribution in [2.24, 2.45) is 5.41 Å². The van der Waals surface area contributed by atoms with Crippen molar-refractivity contribution in [3.8, 4) is 0 Å². The second-order valence-electron chi connectivity index (χ2n) is 4.56. The van der Waals surface area contributed by atoms with Gasteiger partial charge >= 0.3 is 0 Å². The summed E-state index contributed by atoms with van der Waals surface area (Å²) in [4.78, 5) is 6.38. The molecule has 1 radical (unpaired) electrons. The number of pyridine rings is 1. The molecule has 81 valence electrons. The van der Waals surface area contributed by atoms with Crippen LogP contribution in [0.5, 0.6) is 0 Å². The standard InChI is InChI=1S/C10H13N2O2S/c13-15(14)7-10(8-15)5-12(6-10)9-3-1-2-4-11-9/h1,3-4,13-14H,5-8H2. The highest BCUT2D eigenvalue weighted by atomic mass is 32.3. The summed E-state index contributed by atoms with van der Waals surface area (Å²) in [6.45, 7) is 1.81.